The third-order valence-corrected chi connectivity index (χ3v) is 7.93. The van der Waals surface area contributed by atoms with Gasteiger partial charge in [0, 0.05) is 17.2 Å². The van der Waals surface area contributed by atoms with Gasteiger partial charge in [0.2, 0.25) is 0 Å². The smallest absolute Gasteiger partial charge is 0.313 e. The highest BCUT2D eigenvalue weighted by Gasteiger charge is 2.44. The Labute approximate surface area is 201 Å². The van der Waals surface area contributed by atoms with Gasteiger partial charge in [-0.1, -0.05) is 48.9 Å². The Kier molecular flexibility index (Phi) is 5.35. The topological polar surface area (TPSA) is 59.6 Å². The molecule has 0 radical (unpaired) electrons. The second-order valence-electron chi connectivity index (χ2n) is 9.94. The summed E-state index contributed by atoms with van der Waals surface area (Å²) in [6.45, 7) is 5.20. The van der Waals surface area contributed by atoms with E-state index in [4.69, 9.17) is 9.47 Å². The van der Waals surface area contributed by atoms with Crippen molar-refractivity contribution < 1.29 is 14.3 Å². The number of carbonyl (C=O) groups is 1. The average molecular weight is 457 g/mol. The zero-order chi connectivity index (χ0) is 23.2. The number of fused-ring (bicyclic) bond motifs is 4. The molecule has 5 nitrogen and oxygen atoms in total. The minimum Gasteiger partial charge on any atom is -0.489 e. The number of benzene rings is 1. The molecule has 6 rings (SSSR count). The van der Waals surface area contributed by atoms with E-state index < -0.39 is 0 Å². The van der Waals surface area contributed by atoms with Crippen LogP contribution in [0.2, 0.25) is 0 Å². The Morgan fingerprint density at radius 3 is 2.82 bits per heavy atom. The Morgan fingerprint density at radius 1 is 1.15 bits per heavy atom. The lowest BCUT2D eigenvalue weighted by molar-refractivity contribution is -0.146. The quantitative estimate of drug-likeness (QED) is 0.584. The van der Waals surface area contributed by atoms with Crippen LogP contribution < -0.4 is 10.9 Å². The molecule has 2 N–H and O–H groups in total. The summed E-state index contributed by atoms with van der Waals surface area (Å²) in [7, 11) is 0. The molecule has 1 aliphatic heterocycles. The molecule has 4 aliphatic carbocycles. The van der Waals surface area contributed by atoms with Crippen LogP contribution in [-0.2, 0) is 20.9 Å². The Bertz CT molecular complexity index is 1180. The molecule has 0 amide bonds. The van der Waals surface area contributed by atoms with Gasteiger partial charge < -0.3 is 20.3 Å². The fourth-order valence-corrected chi connectivity index (χ4v) is 6.33. The number of nitrogens with one attached hydrogen (secondary N) is 2. The van der Waals surface area contributed by atoms with E-state index in [2.05, 4.69) is 54.2 Å². The van der Waals surface area contributed by atoms with Gasteiger partial charge in [0.15, 0.2) is 0 Å². The number of esters is 1. The van der Waals surface area contributed by atoms with Crippen molar-refractivity contribution in [3.05, 3.63) is 93.1 Å². The fourth-order valence-electron chi connectivity index (χ4n) is 6.33. The fraction of sp³-hybridized carbons (Fsp3) is 0.414. The van der Waals surface area contributed by atoms with Crippen LogP contribution in [0.1, 0.15) is 51.5 Å². The molecule has 2 unspecified atom stereocenters. The molecule has 0 saturated carbocycles. The third kappa shape index (κ3) is 3.41. The Hall–Kier alpha value is -3.21. The van der Waals surface area contributed by atoms with Gasteiger partial charge in [-0.15, -0.1) is 0 Å². The van der Waals surface area contributed by atoms with Gasteiger partial charge in [0.1, 0.15) is 12.4 Å². The summed E-state index contributed by atoms with van der Waals surface area (Å²) in [5.41, 5.74) is 17.0. The van der Waals surface area contributed by atoms with Crippen LogP contribution >= 0.6 is 0 Å². The van der Waals surface area contributed by atoms with Crippen LogP contribution in [0.5, 0.6) is 0 Å². The van der Waals surface area contributed by atoms with Gasteiger partial charge >= 0.3 is 5.97 Å². The predicted molar refractivity (Wildman–Crippen MR) is 131 cm³/mol. The minimum atomic E-state index is -0.163. The van der Waals surface area contributed by atoms with Crippen molar-refractivity contribution in [3.63, 3.8) is 0 Å². The highest BCUT2D eigenvalue weighted by Crippen LogP contribution is 2.52. The monoisotopic (exact) mass is 456 g/mol. The maximum Gasteiger partial charge on any atom is 0.313 e. The van der Waals surface area contributed by atoms with Gasteiger partial charge in [0.25, 0.3) is 0 Å². The SMILES string of the molecule is CCOC(=O)C1CCC2=C1C1=C(C2)C2=C(NN1)C1C(=CCC[C@@H]1C)C(OCc1ccccc1)=C2. The average Bonchev–Trinajstić information content (AvgIpc) is 3.43. The standard InChI is InChI=1S/C29H32N2O3/c1-3-33-29(32)21-13-12-19-14-22-23-15-24(34-16-18-9-5-4-6-10-18)20-11-7-8-17(2)25(20)27(23)30-31-28(22)26(19)21/h4-6,9-11,15,17,21,25,30-31H,3,7-8,12-14,16H2,1-2H3/t17-,21?,25?/m0/s1. The zero-order valence-electron chi connectivity index (χ0n) is 19.9. The first kappa shape index (κ1) is 21.3. The number of hydrogen-bond donors (Lipinski definition) is 2. The molecule has 5 aliphatic rings. The molecule has 3 atom stereocenters. The number of hydrogen-bond acceptors (Lipinski definition) is 5. The van der Waals surface area contributed by atoms with Crippen molar-refractivity contribution in [1.82, 2.24) is 10.9 Å². The Balaban J connectivity index is 1.37. The first-order valence-corrected chi connectivity index (χ1v) is 12.6. The molecule has 0 saturated heterocycles. The Morgan fingerprint density at radius 2 is 2.00 bits per heavy atom. The summed E-state index contributed by atoms with van der Waals surface area (Å²) in [5, 5.41) is 0. The van der Waals surface area contributed by atoms with Crippen LogP contribution in [0.15, 0.2) is 87.5 Å². The van der Waals surface area contributed by atoms with Gasteiger partial charge in [-0.05, 0) is 73.3 Å². The highest BCUT2D eigenvalue weighted by molar-refractivity contribution is 5.81. The zero-order valence-corrected chi connectivity index (χ0v) is 19.9. The third-order valence-electron chi connectivity index (χ3n) is 7.93. The van der Waals surface area contributed by atoms with E-state index in [9.17, 15) is 4.79 Å². The summed E-state index contributed by atoms with van der Waals surface area (Å²) in [6, 6.07) is 10.4. The molecule has 1 aromatic carbocycles. The molecule has 176 valence electrons. The maximum absolute atomic E-state index is 12.7. The number of ether oxygens (including phenoxy) is 2. The first-order valence-electron chi connectivity index (χ1n) is 12.6. The molecule has 0 aromatic heterocycles. The maximum atomic E-state index is 12.7. The summed E-state index contributed by atoms with van der Waals surface area (Å²) in [6.07, 6.45) is 9.56. The van der Waals surface area contributed by atoms with Crippen molar-refractivity contribution in [2.45, 2.75) is 52.6 Å². The van der Waals surface area contributed by atoms with Crippen LogP contribution in [-0.4, -0.2) is 12.6 Å². The normalized spacial score (nSPS) is 27.1. The lowest BCUT2D eigenvalue weighted by Gasteiger charge is -2.40. The van der Waals surface area contributed by atoms with Crippen LogP contribution in [0.25, 0.3) is 0 Å². The van der Waals surface area contributed by atoms with E-state index in [1.54, 1.807) is 0 Å². The van der Waals surface area contributed by atoms with Crippen molar-refractivity contribution in [3.8, 4) is 0 Å². The molecule has 5 heteroatoms. The highest BCUT2D eigenvalue weighted by atomic mass is 16.5. The van der Waals surface area contributed by atoms with Crippen LogP contribution in [0.4, 0.5) is 0 Å². The molecule has 0 spiro atoms. The summed E-state index contributed by atoms with van der Waals surface area (Å²) < 4.78 is 11.9. The van der Waals surface area contributed by atoms with Crippen molar-refractivity contribution >= 4 is 5.97 Å². The number of hydrazine groups is 1. The number of carbonyl (C=O) groups excluding carboxylic acids is 1. The molecule has 0 fully saturated rings. The second-order valence-corrected chi connectivity index (χ2v) is 9.94. The molecular formula is C29H32N2O3. The van der Waals surface area contributed by atoms with E-state index >= 15 is 0 Å². The molecule has 34 heavy (non-hydrogen) atoms. The van der Waals surface area contributed by atoms with E-state index in [-0.39, 0.29) is 17.8 Å². The number of allylic oxidation sites excluding steroid dienone is 8. The summed E-state index contributed by atoms with van der Waals surface area (Å²) >= 11 is 0. The molecular weight excluding hydrogens is 424 g/mol. The second kappa shape index (κ2) is 8.53. The van der Waals surface area contributed by atoms with Gasteiger partial charge in [-0.3, -0.25) is 4.79 Å². The molecule has 1 aromatic rings. The van der Waals surface area contributed by atoms with Crippen LogP contribution in [0.3, 0.4) is 0 Å². The van der Waals surface area contributed by atoms with Gasteiger partial charge in [0.05, 0.1) is 18.2 Å². The summed E-state index contributed by atoms with van der Waals surface area (Å²) in [5.74, 6) is 1.55. The number of rotatable bonds is 5. The van der Waals surface area contributed by atoms with Crippen molar-refractivity contribution in [2.75, 3.05) is 6.61 Å². The van der Waals surface area contributed by atoms with Gasteiger partial charge in [-0.2, -0.15) is 0 Å². The van der Waals surface area contributed by atoms with E-state index in [0.29, 0.717) is 19.1 Å². The lowest BCUT2D eigenvalue weighted by Crippen LogP contribution is -2.43. The van der Waals surface area contributed by atoms with Crippen molar-refractivity contribution in [1.29, 1.82) is 0 Å². The largest absolute Gasteiger partial charge is 0.489 e. The molecule has 0 bridgehead atoms. The lowest BCUT2D eigenvalue weighted by atomic mass is 9.71. The van der Waals surface area contributed by atoms with E-state index in [1.165, 1.54) is 40.0 Å². The summed E-state index contributed by atoms with van der Waals surface area (Å²) in [4.78, 5) is 12.7. The van der Waals surface area contributed by atoms with Crippen molar-refractivity contribution in [2.24, 2.45) is 17.8 Å². The van der Waals surface area contributed by atoms with E-state index in [0.717, 1.165) is 42.7 Å². The molecule has 1 heterocycles. The first-order chi connectivity index (χ1) is 16.7. The van der Waals surface area contributed by atoms with Gasteiger partial charge in [-0.25, -0.2) is 0 Å². The minimum absolute atomic E-state index is 0.0972. The predicted octanol–water partition coefficient (Wildman–Crippen LogP) is 5.36. The van der Waals surface area contributed by atoms with E-state index in [1.807, 2.05) is 13.0 Å². The van der Waals surface area contributed by atoms with Crippen LogP contribution in [0, 0.1) is 17.8 Å².